The lowest BCUT2D eigenvalue weighted by molar-refractivity contribution is 0.506. The van der Waals surface area contributed by atoms with Crippen LogP contribution in [0.2, 0.25) is 0 Å². The molecule has 1 unspecified atom stereocenters. The Morgan fingerprint density at radius 3 is 2.58 bits per heavy atom. The summed E-state index contributed by atoms with van der Waals surface area (Å²) in [6.45, 7) is 5.14. The van der Waals surface area contributed by atoms with Gasteiger partial charge in [-0.25, -0.2) is 13.2 Å². The lowest BCUT2D eigenvalue weighted by Crippen LogP contribution is -2.13. The minimum absolute atomic E-state index is 0.0996. The van der Waals surface area contributed by atoms with Crippen LogP contribution in [0.4, 0.5) is 18.9 Å². The fourth-order valence-corrected chi connectivity index (χ4v) is 3.79. The van der Waals surface area contributed by atoms with Crippen LogP contribution in [0.15, 0.2) is 51.9 Å². The summed E-state index contributed by atoms with van der Waals surface area (Å²) in [7, 11) is 0. The predicted octanol–water partition coefficient (Wildman–Crippen LogP) is 5.93. The molecule has 0 aliphatic heterocycles. The summed E-state index contributed by atoms with van der Waals surface area (Å²) in [4.78, 5) is 17.0. The Hall–Kier alpha value is -4.12. The molecular formula is C25H18F3N3O2. The molecule has 0 spiro atoms. The lowest BCUT2D eigenvalue weighted by Gasteiger charge is -2.19. The Balaban J connectivity index is 1.90. The molecular weight excluding hydrogens is 431 g/mol. The van der Waals surface area contributed by atoms with E-state index in [2.05, 4.69) is 10.3 Å². The maximum Gasteiger partial charge on any atom is 0.196 e. The van der Waals surface area contributed by atoms with Gasteiger partial charge in [0.05, 0.1) is 23.3 Å². The molecule has 1 N–H and O–H groups in total. The van der Waals surface area contributed by atoms with E-state index in [0.717, 1.165) is 17.8 Å². The molecule has 2 aromatic carbocycles. The van der Waals surface area contributed by atoms with E-state index in [1.54, 1.807) is 32.0 Å². The third kappa shape index (κ3) is 3.94. The number of benzene rings is 2. The van der Waals surface area contributed by atoms with Crippen LogP contribution in [0, 0.1) is 42.6 Å². The van der Waals surface area contributed by atoms with Crippen molar-refractivity contribution in [2.75, 3.05) is 5.32 Å². The van der Waals surface area contributed by atoms with E-state index in [4.69, 9.17) is 4.42 Å². The van der Waals surface area contributed by atoms with Crippen LogP contribution in [0.5, 0.6) is 0 Å². The number of nitrogens with one attached hydrogen (secondary N) is 1. The molecule has 4 aromatic rings. The first kappa shape index (κ1) is 22.1. The average molecular weight is 449 g/mol. The smallest absolute Gasteiger partial charge is 0.196 e. The van der Waals surface area contributed by atoms with Crippen molar-refractivity contribution in [3.63, 3.8) is 0 Å². The fraction of sp³-hybridized carbons (Fsp3) is 0.160. The summed E-state index contributed by atoms with van der Waals surface area (Å²) < 4.78 is 47.5. The van der Waals surface area contributed by atoms with Crippen LogP contribution >= 0.6 is 0 Å². The number of halogens is 3. The molecule has 1 atom stereocenters. The maximum absolute atomic E-state index is 14.1. The monoisotopic (exact) mass is 449 g/mol. The van der Waals surface area contributed by atoms with E-state index in [0.29, 0.717) is 22.1 Å². The highest BCUT2D eigenvalue weighted by atomic mass is 19.2. The van der Waals surface area contributed by atoms with E-state index in [-0.39, 0.29) is 22.5 Å². The van der Waals surface area contributed by atoms with Crippen LogP contribution in [0.25, 0.3) is 22.3 Å². The number of pyridine rings is 1. The first-order chi connectivity index (χ1) is 15.7. The van der Waals surface area contributed by atoms with Crippen molar-refractivity contribution in [2.24, 2.45) is 0 Å². The highest BCUT2D eigenvalue weighted by Gasteiger charge is 2.21. The molecule has 8 heteroatoms. The van der Waals surface area contributed by atoms with Crippen molar-refractivity contribution < 1.29 is 17.6 Å². The molecule has 0 aliphatic rings. The molecule has 0 bridgehead atoms. The number of hydrogen-bond donors (Lipinski definition) is 1. The molecule has 166 valence electrons. The number of rotatable bonds is 4. The number of nitriles is 1. The number of aryl methyl sites for hydroxylation is 1. The molecule has 0 saturated carbocycles. The summed E-state index contributed by atoms with van der Waals surface area (Å²) in [6, 6.07) is 8.01. The second kappa shape index (κ2) is 8.43. The van der Waals surface area contributed by atoms with Crippen molar-refractivity contribution in [1.29, 1.82) is 5.26 Å². The fourth-order valence-electron chi connectivity index (χ4n) is 3.79. The molecule has 0 aliphatic carbocycles. The highest BCUT2D eigenvalue weighted by molar-refractivity contribution is 5.84. The summed E-state index contributed by atoms with van der Waals surface area (Å²) in [5, 5.41) is 12.6. The predicted molar refractivity (Wildman–Crippen MR) is 118 cm³/mol. The molecule has 5 nitrogen and oxygen atoms in total. The van der Waals surface area contributed by atoms with Gasteiger partial charge in [0.25, 0.3) is 0 Å². The van der Waals surface area contributed by atoms with E-state index in [1.165, 1.54) is 18.3 Å². The lowest BCUT2D eigenvalue weighted by atomic mass is 9.98. The SMILES string of the molecule is Cc1cc(C(C)Nc2ccc(F)c(F)c2C#N)c2oc(-c3cncc(F)c3)c(C)c(=O)c2c1. The van der Waals surface area contributed by atoms with Crippen LogP contribution in [0.3, 0.4) is 0 Å². The topological polar surface area (TPSA) is 78.9 Å². The van der Waals surface area contributed by atoms with Crippen LogP contribution in [-0.2, 0) is 0 Å². The van der Waals surface area contributed by atoms with E-state index >= 15 is 0 Å². The maximum atomic E-state index is 14.1. The van der Waals surface area contributed by atoms with Crippen LogP contribution in [0.1, 0.15) is 35.2 Å². The molecule has 0 radical (unpaired) electrons. The van der Waals surface area contributed by atoms with Gasteiger partial charge in [0.15, 0.2) is 17.1 Å². The zero-order chi connectivity index (χ0) is 23.9. The highest BCUT2D eigenvalue weighted by Crippen LogP contribution is 2.33. The van der Waals surface area contributed by atoms with E-state index in [1.807, 2.05) is 6.92 Å². The zero-order valence-corrected chi connectivity index (χ0v) is 18.0. The van der Waals surface area contributed by atoms with Gasteiger partial charge in [0.1, 0.15) is 28.8 Å². The van der Waals surface area contributed by atoms with Crippen molar-refractivity contribution >= 4 is 16.7 Å². The first-order valence-corrected chi connectivity index (χ1v) is 10.0. The van der Waals surface area contributed by atoms with Crippen molar-refractivity contribution in [2.45, 2.75) is 26.8 Å². The van der Waals surface area contributed by atoms with Gasteiger partial charge >= 0.3 is 0 Å². The Morgan fingerprint density at radius 2 is 1.88 bits per heavy atom. The molecule has 0 fully saturated rings. The number of anilines is 1. The standard InChI is InChI=1S/C25H18F3N3O2/c1-12-6-17(14(3)31-21-5-4-20(27)22(28)19(21)9-29)25-18(7-12)23(32)13(2)24(33-25)15-8-16(26)11-30-10-15/h4-8,10-11,14,31H,1-3H3. The molecule has 0 saturated heterocycles. The minimum Gasteiger partial charge on any atom is -0.455 e. The van der Waals surface area contributed by atoms with E-state index < -0.39 is 29.1 Å². The minimum atomic E-state index is -1.24. The normalized spacial score (nSPS) is 11.9. The zero-order valence-electron chi connectivity index (χ0n) is 18.0. The molecule has 4 rings (SSSR count). The molecule has 2 heterocycles. The largest absolute Gasteiger partial charge is 0.455 e. The van der Waals surface area contributed by atoms with Gasteiger partial charge in [-0.05, 0) is 50.6 Å². The quantitative estimate of drug-likeness (QED) is 0.418. The second-order valence-electron chi connectivity index (χ2n) is 7.77. The van der Waals surface area contributed by atoms with Gasteiger partial charge in [-0.3, -0.25) is 9.78 Å². The first-order valence-electron chi connectivity index (χ1n) is 10.0. The van der Waals surface area contributed by atoms with Crippen molar-refractivity contribution in [3.8, 4) is 17.4 Å². The number of nitrogens with zero attached hydrogens (tertiary/aromatic N) is 2. The Labute approximate surface area is 187 Å². The summed E-state index contributed by atoms with van der Waals surface area (Å²) in [5.74, 6) is -2.76. The second-order valence-corrected chi connectivity index (χ2v) is 7.77. The number of fused-ring (bicyclic) bond motifs is 1. The Bertz CT molecular complexity index is 1510. The molecule has 0 amide bonds. The van der Waals surface area contributed by atoms with Gasteiger partial charge in [-0.15, -0.1) is 0 Å². The van der Waals surface area contributed by atoms with Gasteiger partial charge in [-0.1, -0.05) is 6.07 Å². The van der Waals surface area contributed by atoms with Crippen molar-refractivity contribution in [3.05, 3.63) is 92.7 Å². The summed E-state index contributed by atoms with van der Waals surface area (Å²) >= 11 is 0. The van der Waals surface area contributed by atoms with Gasteiger partial charge in [0, 0.05) is 22.9 Å². The van der Waals surface area contributed by atoms with Gasteiger partial charge in [0.2, 0.25) is 0 Å². The Kier molecular flexibility index (Phi) is 5.64. The molecule has 2 aromatic heterocycles. The van der Waals surface area contributed by atoms with Gasteiger partial charge in [-0.2, -0.15) is 5.26 Å². The van der Waals surface area contributed by atoms with Gasteiger partial charge < -0.3 is 9.73 Å². The van der Waals surface area contributed by atoms with E-state index in [9.17, 15) is 23.2 Å². The number of aromatic nitrogens is 1. The molecule has 33 heavy (non-hydrogen) atoms. The third-order valence-corrected chi connectivity index (χ3v) is 5.40. The Morgan fingerprint density at radius 1 is 1.12 bits per heavy atom. The van der Waals surface area contributed by atoms with Crippen molar-refractivity contribution in [1.82, 2.24) is 4.98 Å². The average Bonchev–Trinajstić information content (AvgIpc) is 2.78. The summed E-state index contributed by atoms with van der Waals surface area (Å²) in [6.07, 6.45) is 2.45. The van der Waals surface area contributed by atoms with Crippen LogP contribution < -0.4 is 10.7 Å². The summed E-state index contributed by atoms with van der Waals surface area (Å²) in [5.41, 5.74) is 1.58. The van der Waals surface area contributed by atoms with Crippen LogP contribution in [-0.4, -0.2) is 4.98 Å². The number of hydrogen-bond acceptors (Lipinski definition) is 5. The third-order valence-electron chi connectivity index (χ3n) is 5.40.